The first kappa shape index (κ1) is 14.7. The number of nitrogens with one attached hydrogen (secondary N) is 2. The van der Waals surface area contributed by atoms with Gasteiger partial charge in [0, 0.05) is 48.2 Å². The van der Waals surface area contributed by atoms with E-state index in [9.17, 15) is 4.79 Å². The van der Waals surface area contributed by atoms with E-state index in [1.807, 2.05) is 23.5 Å². The molecule has 2 N–H and O–H groups in total. The van der Waals surface area contributed by atoms with E-state index >= 15 is 0 Å². The maximum Gasteiger partial charge on any atom is 0.317 e. The lowest BCUT2D eigenvalue weighted by Gasteiger charge is -2.33. The number of nitrogens with zero attached hydrogens (tertiary/aromatic N) is 3. The topological polar surface area (TPSA) is 73.9 Å². The Hall–Kier alpha value is -2.63. The number of urea groups is 1. The van der Waals surface area contributed by atoms with Gasteiger partial charge in [-0.25, -0.2) is 9.78 Å². The van der Waals surface area contributed by atoms with Crippen molar-refractivity contribution in [1.29, 1.82) is 0 Å². The van der Waals surface area contributed by atoms with Crippen LogP contribution in [0.4, 0.5) is 4.79 Å². The van der Waals surface area contributed by atoms with Gasteiger partial charge >= 0.3 is 6.03 Å². The fourth-order valence-electron chi connectivity index (χ4n) is 3.93. The maximum absolute atomic E-state index is 12.4. The molecule has 3 aromatic heterocycles. The molecule has 4 heterocycles. The molecule has 6 nitrogen and oxygen atoms in total. The number of aromatic amines is 1. The smallest absolute Gasteiger partial charge is 0.317 e. The van der Waals surface area contributed by atoms with Gasteiger partial charge in [-0.15, -0.1) is 0 Å². The van der Waals surface area contributed by atoms with Crippen molar-refractivity contribution in [2.75, 3.05) is 13.1 Å². The highest BCUT2D eigenvalue weighted by Crippen LogP contribution is 2.34. The Labute approximate surface area is 145 Å². The van der Waals surface area contributed by atoms with Crippen LogP contribution in [0.2, 0.25) is 0 Å². The van der Waals surface area contributed by atoms with Crippen LogP contribution in [-0.4, -0.2) is 45.0 Å². The van der Waals surface area contributed by atoms with Gasteiger partial charge in [-0.05, 0) is 43.4 Å². The van der Waals surface area contributed by atoms with E-state index in [1.54, 1.807) is 0 Å². The normalized spacial score (nSPS) is 21.0. The van der Waals surface area contributed by atoms with Crippen molar-refractivity contribution < 1.29 is 4.79 Å². The van der Waals surface area contributed by atoms with Gasteiger partial charge in [-0.3, -0.25) is 4.98 Å². The largest absolute Gasteiger partial charge is 0.346 e. The molecule has 0 spiro atoms. The first-order valence-electron chi connectivity index (χ1n) is 9.06. The van der Waals surface area contributed by atoms with Crippen LogP contribution in [0.25, 0.3) is 21.9 Å². The molecule has 1 saturated carbocycles. The van der Waals surface area contributed by atoms with Crippen molar-refractivity contribution in [2.45, 2.75) is 37.6 Å². The summed E-state index contributed by atoms with van der Waals surface area (Å²) in [6.45, 7) is 1.62. The summed E-state index contributed by atoms with van der Waals surface area (Å²) in [7, 11) is 0. The highest BCUT2D eigenvalue weighted by molar-refractivity contribution is 6.05. The molecule has 6 heteroatoms. The van der Waals surface area contributed by atoms with Crippen molar-refractivity contribution >= 4 is 28.0 Å². The van der Waals surface area contributed by atoms with Gasteiger partial charge in [-0.1, -0.05) is 0 Å². The Morgan fingerprint density at radius 1 is 1.24 bits per heavy atom. The minimum absolute atomic E-state index is 0.0963. The lowest BCUT2D eigenvalue weighted by atomic mass is 9.88. The van der Waals surface area contributed by atoms with Crippen LogP contribution in [0.1, 0.15) is 37.2 Å². The second-order valence-corrected chi connectivity index (χ2v) is 7.17. The van der Waals surface area contributed by atoms with Crippen LogP contribution < -0.4 is 5.32 Å². The summed E-state index contributed by atoms with van der Waals surface area (Å²) in [5.74, 6) is 0.338. The molecule has 1 aliphatic heterocycles. The lowest BCUT2D eigenvalue weighted by Crippen LogP contribution is -2.45. The van der Waals surface area contributed by atoms with Gasteiger partial charge in [0.25, 0.3) is 0 Å². The molecule has 0 aromatic carbocycles. The van der Waals surface area contributed by atoms with Crippen molar-refractivity contribution in [1.82, 2.24) is 25.2 Å². The quantitative estimate of drug-likeness (QED) is 0.755. The second-order valence-electron chi connectivity index (χ2n) is 7.17. The predicted molar refractivity (Wildman–Crippen MR) is 96.5 cm³/mol. The molecule has 2 amide bonds. The van der Waals surface area contributed by atoms with E-state index in [4.69, 9.17) is 0 Å². The maximum atomic E-state index is 12.4. The number of aromatic nitrogens is 3. The number of piperidine rings is 1. The van der Waals surface area contributed by atoms with Crippen molar-refractivity contribution in [3.05, 3.63) is 36.3 Å². The van der Waals surface area contributed by atoms with Gasteiger partial charge in [0.1, 0.15) is 5.65 Å². The van der Waals surface area contributed by atoms with Crippen molar-refractivity contribution in [3.63, 3.8) is 0 Å². The van der Waals surface area contributed by atoms with Crippen LogP contribution in [0, 0.1) is 0 Å². The van der Waals surface area contributed by atoms with Gasteiger partial charge in [-0.2, -0.15) is 0 Å². The number of carbonyl (C=O) groups is 1. The van der Waals surface area contributed by atoms with E-state index in [1.165, 1.54) is 10.9 Å². The Morgan fingerprint density at radius 3 is 3.04 bits per heavy atom. The Bertz CT molecular complexity index is 945. The zero-order chi connectivity index (χ0) is 16.8. The molecular weight excluding hydrogens is 314 g/mol. The fraction of sp³-hybridized carbons (Fsp3) is 0.421. The third-order valence-electron chi connectivity index (χ3n) is 5.38. The number of hydrogen-bond acceptors (Lipinski definition) is 3. The summed E-state index contributed by atoms with van der Waals surface area (Å²) < 4.78 is 0. The Kier molecular flexibility index (Phi) is 3.36. The van der Waals surface area contributed by atoms with Crippen molar-refractivity contribution in [2.24, 2.45) is 0 Å². The third kappa shape index (κ3) is 2.62. The number of fused-ring (bicyclic) bond motifs is 3. The first-order valence-corrected chi connectivity index (χ1v) is 9.06. The SMILES string of the molecule is O=C(NC1CC1)N1CCCC(c2ccnc3cnc4[nH]ccc4c23)C1. The first-order chi connectivity index (χ1) is 12.3. The molecule has 2 aliphatic rings. The molecular formula is C19H21N5O. The average molecular weight is 335 g/mol. The molecule has 0 radical (unpaired) electrons. The van der Waals surface area contributed by atoms with Crippen LogP contribution in [0.5, 0.6) is 0 Å². The molecule has 1 aliphatic carbocycles. The molecule has 5 rings (SSSR count). The average Bonchev–Trinajstić information content (AvgIpc) is 3.33. The van der Waals surface area contributed by atoms with Gasteiger partial charge in [0.05, 0.1) is 11.7 Å². The predicted octanol–water partition coefficient (Wildman–Crippen LogP) is 3.16. The van der Waals surface area contributed by atoms with E-state index in [-0.39, 0.29) is 6.03 Å². The standard InChI is InChI=1S/C19H21N5O/c25-19(23-13-3-4-13)24-9-1-2-12(11-24)14-5-7-20-16-10-22-18-15(17(14)16)6-8-21-18/h5-8,10,12-13H,1-4,9,11H2,(H,21,22)(H,23,25). The van der Waals surface area contributed by atoms with E-state index in [0.29, 0.717) is 12.0 Å². The molecule has 0 bridgehead atoms. The zero-order valence-corrected chi connectivity index (χ0v) is 14.0. The minimum atomic E-state index is 0.0963. The van der Waals surface area contributed by atoms with Crippen LogP contribution >= 0.6 is 0 Å². The van der Waals surface area contributed by atoms with E-state index < -0.39 is 0 Å². The molecule has 2 fully saturated rings. The third-order valence-corrected chi connectivity index (χ3v) is 5.38. The van der Waals surface area contributed by atoms with Crippen LogP contribution in [0.3, 0.4) is 0 Å². The summed E-state index contributed by atoms with van der Waals surface area (Å²) in [5, 5.41) is 5.40. The molecule has 1 saturated heterocycles. The molecule has 1 unspecified atom stereocenters. The summed E-state index contributed by atoms with van der Waals surface area (Å²) in [4.78, 5) is 26.6. The van der Waals surface area contributed by atoms with Gasteiger partial charge < -0.3 is 15.2 Å². The monoisotopic (exact) mass is 335 g/mol. The Balaban J connectivity index is 1.51. The molecule has 3 aromatic rings. The summed E-state index contributed by atoms with van der Waals surface area (Å²) >= 11 is 0. The number of hydrogen-bond donors (Lipinski definition) is 2. The van der Waals surface area contributed by atoms with Gasteiger partial charge in [0.2, 0.25) is 0 Å². The van der Waals surface area contributed by atoms with E-state index in [2.05, 4.69) is 32.4 Å². The number of likely N-dealkylation sites (tertiary alicyclic amines) is 1. The molecule has 25 heavy (non-hydrogen) atoms. The summed E-state index contributed by atoms with van der Waals surface area (Å²) in [6, 6.07) is 4.68. The molecule has 1 atom stereocenters. The number of amides is 2. The Morgan fingerprint density at radius 2 is 2.16 bits per heavy atom. The number of rotatable bonds is 2. The summed E-state index contributed by atoms with van der Waals surface area (Å²) in [5.41, 5.74) is 3.09. The summed E-state index contributed by atoms with van der Waals surface area (Å²) in [6.07, 6.45) is 9.99. The number of carbonyl (C=O) groups excluding carboxylic acids is 1. The lowest BCUT2D eigenvalue weighted by molar-refractivity contribution is 0.179. The van der Waals surface area contributed by atoms with Gasteiger partial charge in [0.15, 0.2) is 0 Å². The highest BCUT2D eigenvalue weighted by Gasteiger charge is 2.30. The number of H-pyrrole nitrogens is 1. The number of pyridine rings is 2. The minimum Gasteiger partial charge on any atom is -0.346 e. The molecule has 128 valence electrons. The fourth-order valence-corrected chi connectivity index (χ4v) is 3.93. The zero-order valence-electron chi connectivity index (χ0n) is 14.0. The van der Waals surface area contributed by atoms with Crippen molar-refractivity contribution in [3.8, 4) is 0 Å². The van der Waals surface area contributed by atoms with E-state index in [0.717, 1.165) is 55.3 Å². The van der Waals surface area contributed by atoms with Crippen LogP contribution in [0.15, 0.2) is 30.7 Å². The highest BCUT2D eigenvalue weighted by atomic mass is 16.2. The van der Waals surface area contributed by atoms with Crippen LogP contribution in [-0.2, 0) is 0 Å². The second kappa shape index (κ2) is 5.72.